The molecule has 1 aromatic rings. The Balaban J connectivity index is 2.10. The predicted molar refractivity (Wildman–Crippen MR) is 69.9 cm³/mol. The van der Waals surface area contributed by atoms with Crippen LogP contribution < -0.4 is 5.32 Å². The van der Waals surface area contributed by atoms with Crippen molar-refractivity contribution in [1.29, 1.82) is 0 Å². The van der Waals surface area contributed by atoms with Crippen LogP contribution in [-0.4, -0.2) is 35.9 Å². The van der Waals surface area contributed by atoms with Crippen molar-refractivity contribution in [3.8, 4) is 0 Å². The lowest BCUT2D eigenvalue weighted by Gasteiger charge is -2.20. The van der Waals surface area contributed by atoms with Crippen molar-refractivity contribution in [1.82, 2.24) is 9.97 Å². The Hall–Kier alpha value is -1.41. The van der Waals surface area contributed by atoms with Gasteiger partial charge in [0.25, 0.3) is 0 Å². The first kappa shape index (κ1) is 16.0. The smallest absolute Gasteiger partial charge is 0.376 e. The number of ether oxygens (including phenoxy) is 2. The van der Waals surface area contributed by atoms with Crippen LogP contribution >= 0.6 is 0 Å². The minimum Gasteiger partial charge on any atom is -0.376 e. The molecule has 0 atom stereocenters. The van der Waals surface area contributed by atoms with Crippen molar-refractivity contribution in [3.63, 3.8) is 0 Å². The van der Waals surface area contributed by atoms with Crippen LogP contribution in [0.5, 0.6) is 0 Å². The average molecular weight is 305 g/mol. The molecule has 0 amide bonds. The van der Waals surface area contributed by atoms with E-state index in [1.165, 1.54) is 0 Å². The topological polar surface area (TPSA) is 56.3 Å². The number of hydrogen-bond donors (Lipinski definition) is 1. The highest BCUT2D eigenvalue weighted by atomic mass is 19.4. The summed E-state index contributed by atoms with van der Waals surface area (Å²) in [6.07, 6.45) is -2.80. The number of anilines is 1. The van der Waals surface area contributed by atoms with Crippen molar-refractivity contribution in [2.45, 2.75) is 39.2 Å². The molecule has 0 aromatic carbocycles. The molecule has 118 valence electrons. The fraction of sp³-hybridized carbons (Fsp3) is 0.692. The van der Waals surface area contributed by atoms with Crippen molar-refractivity contribution in [3.05, 3.63) is 17.1 Å². The molecule has 0 saturated heterocycles. The van der Waals surface area contributed by atoms with Crippen LogP contribution in [0.4, 0.5) is 19.0 Å². The molecule has 1 aromatic heterocycles. The van der Waals surface area contributed by atoms with Crippen LogP contribution in [0.3, 0.4) is 0 Å². The second-order valence-corrected chi connectivity index (χ2v) is 4.75. The molecule has 0 fully saturated rings. The number of alkyl halides is 3. The predicted octanol–water partition coefficient (Wildman–Crippen LogP) is 2.45. The third-order valence-electron chi connectivity index (χ3n) is 2.91. The van der Waals surface area contributed by atoms with Crippen molar-refractivity contribution < 1.29 is 22.6 Å². The summed E-state index contributed by atoms with van der Waals surface area (Å²) in [5.74, 6) is 0.894. The summed E-state index contributed by atoms with van der Waals surface area (Å²) in [4.78, 5) is 8.53. The number of nitrogens with zero attached hydrogens (tertiary/aromatic N) is 2. The number of rotatable bonds is 6. The molecule has 1 aliphatic rings. The van der Waals surface area contributed by atoms with Gasteiger partial charge < -0.3 is 14.8 Å². The lowest BCUT2D eigenvalue weighted by molar-refractivity contribution is -0.177. The lowest BCUT2D eigenvalue weighted by atomic mass is 10.1. The number of fused-ring (bicyclic) bond motifs is 1. The molecule has 21 heavy (non-hydrogen) atoms. The molecule has 0 bridgehead atoms. The van der Waals surface area contributed by atoms with Crippen molar-refractivity contribution in [2.24, 2.45) is 0 Å². The van der Waals surface area contributed by atoms with Gasteiger partial charge in [-0.1, -0.05) is 6.92 Å². The first-order valence-corrected chi connectivity index (χ1v) is 6.84. The molecule has 0 radical (unpaired) electrons. The number of aromatic nitrogens is 2. The zero-order valence-electron chi connectivity index (χ0n) is 11.8. The maximum atomic E-state index is 12.1. The Morgan fingerprint density at radius 1 is 1.33 bits per heavy atom. The van der Waals surface area contributed by atoms with Gasteiger partial charge in [-0.15, -0.1) is 0 Å². The minimum absolute atomic E-state index is 0.256. The second kappa shape index (κ2) is 7.04. The van der Waals surface area contributed by atoms with Crippen LogP contribution in [0.1, 0.15) is 30.4 Å². The number of nitrogens with one attached hydrogen (secondary N) is 1. The van der Waals surface area contributed by atoms with Gasteiger partial charge in [0.15, 0.2) is 5.82 Å². The maximum Gasteiger partial charge on any atom is 0.411 e. The van der Waals surface area contributed by atoms with E-state index in [2.05, 4.69) is 20.0 Å². The lowest BCUT2D eigenvalue weighted by Crippen LogP contribution is -2.20. The Morgan fingerprint density at radius 2 is 2.14 bits per heavy atom. The molecule has 0 saturated carbocycles. The van der Waals surface area contributed by atoms with Gasteiger partial charge in [-0.3, -0.25) is 0 Å². The van der Waals surface area contributed by atoms with E-state index in [4.69, 9.17) is 4.74 Å². The molecule has 8 heteroatoms. The molecular weight excluding hydrogens is 287 g/mol. The van der Waals surface area contributed by atoms with Gasteiger partial charge in [-0.25, -0.2) is 9.97 Å². The summed E-state index contributed by atoms with van der Waals surface area (Å²) in [7, 11) is 0. The molecule has 2 heterocycles. The van der Waals surface area contributed by atoms with E-state index in [1.807, 2.05) is 6.92 Å². The number of hydrogen-bond acceptors (Lipinski definition) is 5. The molecule has 5 nitrogen and oxygen atoms in total. The van der Waals surface area contributed by atoms with Crippen molar-refractivity contribution in [2.75, 3.05) is 25.1 Å². The summed E-state index contributed by atoms with van der Waals surface area (Å²) in [5, 5.41) is 3.16. The summed E-state index contributed by atoms with van der Waals surface area (Å²) >= 11 is 0. The van der Waals surface area contributed by atoms with Crippen LogP contribution in [0.25, 0.3) is 0 Å². The van der Waals surface area contributed by atoms with Crippen LogP contribution in [-0.2, 0) is 29.1 Å². The van der Waals surface area contributed by atoms with Gasteiger partial charge in [0.2, 0.25) is 0 Å². The third kappa shape index (κ3) is 4.82. The standard InChI is InChI=1S/C13H18F3N3O2/c1-2-4-17-12-9-6-20-5-3-10(9)18-11(19-12)7-21-8-13(14,15)16/h2-8H2,1H3,(H,17,18,19). The summed E-state index contributed by atoms with van der Waals surface area (Å²) in [5.41, 5.74) is 1.70. The number of halogens is 3. The molecule has 1 aliphatic heterocycles. The van der Waals surface area contributed by atoms with E-state index >= 15 is 0 Å². The summed E-state index contributed by atoms with van der Waals surface area (Å²) < 4.78 is 46.3. The maximum absolute atomic E-state index is 12.1. The highest BCUT2D eigenvalue weighted by molar-refractivity contribution is 5.47. The Bertz CT molecular complexity index is 480. The van der Waals surface area contributed by atoms with Crippen LogP contribution in [0.15, 0.2) is 0 Å². The summed E-state index contributed by atoms with van der Waals surface area (Å²) in [6, 6.07) is 0. The average Bonchev–Trinajstić information content (AvgIpc) is 2.43. The highest BCUT2D eigenvalue weighted by Crippen LogP contribution is 2.23. The Labute approximate surface area is 120 Å². The van der Waals surface area contributed by atoms with Gasteiger partial charge >= 0.3 is 6.18 Å². The van der Waals surface area contributed by atoms with E-state index < -0.39 is 12.8 Å². The fourth-order valence-corrected chi connectivity index (χ4v) is 2.00. The SMILES string of the molecule is CCCNc1nc(COCC(F)(F)F)nc2c1COCC2. The van der Waals surface area contributed by atoms with Gasteiger partial charge in [0.1, 0.15) is 19.0 Å². The minimum atomic E-state index is -4.34. The van der Waals surface area contributed by atoms with E-state index in [0.717, 1.165) is 24.2 Å². The van der Waals surface area contributed by atoms with Gasteiger partial charge in [0, 0.05) is 18.5 Å². The zero-order chi connectivity index (χ0) is 15.3. The largest absolute Gasteiger partial charge is 0.411 e. The first-order valence-electron chi connectivity index (χ1n) is 6.84. The monoisotopic (exact) mass is 305 g/mol. The molecule has 0 spiro atoms. The second-order valence-electron chi connectivity index (χ2n) is 4.75. The molecule has 1 N–H and O–H groups in total. The van der Waals surface area contributed by atoms with Crippen LogP contribution in [0, 0.1) is 0 Å². The first-order chi connectivity index (χ1) is 9.99. The van der Waals surface area contributed by atoms with E-state index in [-0.39, 0.29) is 12.4 Å². The quantitative estimate of drug-likeness (QED) is 0.875. The normalized spacial score (nSPS) is 14.9. The fourth-order valence-electron chi connectivity index (χ4n) is 2.00. The zero-order valence-corrected chi connectivity index (χ0v) is 11.8. The molecule has 0 aliphatic carbocycles. The van der Waals surface area contributed by atoms with Gasteiger partial charge in [-0.05, 0) is 6.42 Å². The molecular formula is C13H18F3N3O2. The molecule has 2 rings (SSSR count). The van der Waals surface area contributed by atoms with E-state index in [1.54, 1.807) is 0 Å². The highest BCUT2D eigenvalue weighted by Gasteiger charge is 2.27. The van der Waals surface area contributed by atoms with Gasteiger partial charge in [-0.2, -0.15) is 13.2 Å². The van der Waals surface area contributed by atoms with E-state index in [9.17, 15) is 13.2 Å². The van der Waals surface area contributed by atoms with Gasteiger partial charge in [0.05, 0.1) is 18.9 Å². The Morgan fingerprint density at radius 3 is 2.86 bits per heavy atom. The van der Waals surface area contributed by atoms with E-state index in [0.29, 0.717) is 25.5 Å². The van der Waals surface area contributed by atoms with Crippen molar-refractivity contribution >= 4 is 5.82 Å². The van der Waals surface area contributed by atoms with Crippen LogP contribution in [0.2, 0.25) is 0 Å². The third-order valence-corrected chi connectivity index (χ3v) is 2.91. The Kier molecular flexibility index (Phi) is 5.35. The molecule has 0 unspecified atom stereocenters. The summed E-state index contributed by atoms with van der Waals surface area (Å²) in [6.45, 7) is 2.17.